The summed E-state index contributed by atoms with van der Waals surface area (Å²) in [6.45, 7) is 5.96. The van der Waals surface area contributed by atoms with E-state index in [9.17, 15) is 9.18 Å². The summed E-state index contributed by atoms with van der Waals surface area (Å²) in [5.74, 6) is -0.471. The van der Waals surface area contributed by atoms with Crippen LogP contribution in [0.3, 0.4) is 0 Å². The lowest BCUT2D eigenvalue weighted by Crippen LogP contribution is -2.32. The van der Waals surface area contributed by atoms with Crippen LogP contribution in [0.1, 0.15) is 41.0 Å². The lowest BCUT2D eigenvalue weighted by molar-refractivity contribution is -0.115. The van der Waals surface area contributed by atoms with Crippen molar-refractivity contribution in [3.63, 3.8) is 0 Å². The average molecular weight is 394 g/mol. The highest BCUT2D eigenvalue weighted by Gasteiger charge is 2.17. The quantitative estimate of drug-likeness (QED) is 0.635. The minimum atomic E-state index is -0.300. The van der Waals surface area contributed by atoms with E-state index in [1.54, 1.807) is 10.7 Å². The molecule has 0 radical (unpaired) electrons. The van der Waals surface area contributed by atoms with Crippen LogP contribution in [0.4, 0.5) is 10.1 Å². The smallest absolute Gasteiger partial charge is 0.238 e. The zero-order valence-corrected chi connectivity index (χ0v) is 17.3. The normalized spacial score (nSPS) is 12.0. The molecular formula is C23H27FN4O. The molecule has 6 heteroatoms. The van der Waals surface area contributed by atoms with E-state index in [1.807, 2.05) is 39.1 Å². The molecule has 0 fully saturated rings. The van der Waals surface area contributed by atoms with Crippen LogP contribution in [-0.2, 0) is 18.3 Å². The van der Waals surface area contributed by atoms with Crippen molar-refractivity contribution in [2.24, 2.45) is 7.05 Å². The van der Waals surface area contributed by atoms with Crippen molar-refractivity contribution >= 4 is 11.6 Å². The predicted octanol–water partition coefficient (Wildman–Crippen LogP) is 4.06. The summed E-state index contributed by atoms with van der Waals surface area (Å²) in [5, 5.41) is 10.5. The van der Waals surface area contributed by atoms with Gasteiger partial charge in [-0.05, 0) is 49.1 Å². The molecule has 2 aromatic carbocycles. The molecule has 2 N–H and O–H groups in total. The average Bonchev–Trinajstić information content (AvgIpc) is 2.94. The van der Waals surface area contributed by atoms with Crippen LogP contribution in [0.5, 0.6) is 0 Å². The van der Waals surface area contributed by atoms with E-state index in [-0.39, 0.29) is 24.3 Å². The molecule has 1 amide bonds. The summed E-state index contributed by atoms with van der Waals surface area (Å²) in [5.41, 5.74) is 5.38. The Balaban J connectivity index is 1.78. The van der Waals surface area contributed by atoms with E-state index in [1.165, 1.54) is 17.7 Å². The first-order valence-corrected chi connectivity index (χ1v) is 9.76. The lowest BCUT2D eigenvalue weighted by Gasteiger charge is -2.20. The van der Waals surface area contributed by atoms with Crippen molar-refractivity contribution in [2.75, 3.05) is 11.9 Å². The summed E-state index contributed by atoms with van der Waals surface area (Å²) in [6.07, 6.45) is 0.949. The predicted molar refractivity (Wildman–Crippen MR) is 113 cm³/mol. The Bertz CT molecular complexity index is 995. The number of carbonyl (C=O) groups excluding carboxylic acids is 1. The molecule has 5 nitrogen and oxygen atoms in total. The maximum absolute atomic E-state index is 13.8. The van der Waals surface area contributed by atoms with Crippen LogP contribution in [0.2, 0.25) is 0 Å². The molecule has 0 bridgehead atoms. The van der Waals surface area contributed by atoms with E-state index in [4.69, 9.17) is 0 Å². The molecule has 0 aliphatic rings. The SMILES string of the molecule is CCc1ccc([C@@H](NCC(=O)Nc2c(C)nn(C)c2C)c2cccc(F)c2)cc1. The van der Waals surface area contributed by atoms with Gasteiger partial charge in [-0.15, -0.1) is 0 Å². The number of anilines is 1. The molecular weight excluding hydrogens is 367 g/mol. The van der Waals surface area contributed by atoms with Gasteiger partial charge in [-0.2, -0.15) is 5.10 Å². The molecule has 0 saturated carbocycles. The number of halogens is 1. The van der Waals surface area contributed by atoms with Crippen molar-refractivity contribution in [2.45, 2.75) is 33.2 Å². The van der Waals surface area contributed by atoms with Gasteiger partial charge in [0.05, 0.1) is 29.7 Å². The Morgan fingerprint density at radius 2 is 1.86 bits per heavy atom. The first-order chi connectivity index (χ1) is 13.9. The lowest BCUT2D eigenvalue weighted by atomic mass is 9.97. The number of amides is 1. The van der Waals surface area contributed by atoms with Gasteiger partial charge in [0.25, 0.3) is 0 Å². The highest BCUT2D eigenvalue weighted by atomic mass is 19.1. The second-order valence-electron chi connectivity index (χ2n) is 7.18. The Kier molecular flexibility index (Phi) is 6.44. The number of carbonyl (C=O) groups is 1. The second-order valence-corrected chi connectivity index (χ2v) is 7.18. The van der Waals surface area contributed by atoms with Crippen molar-refractivity contribution in [3.8, 4) is 0 Å². The maximum Gasteiger partial charge on any atom is 0.238 e. The zero-order chi connectivity index (χ0) is 21.0. The fourth-order valence-corrected chi connectivity index (χ4v) is 3.39. The molecule has 3 aromatic rings. The van der Waals surface area contributed by atoms with Gasteiger partial charge in [-0.1, -0.05) is 43.3 Å². The van der Waals surface area contributed by atoms with Gasteiger partial charge in [0.1, 0.15) is 5.82 Å². The van der Waals surface area contributed by atoms with Crippen LogP contribution < -0.4 is 10.6 Å². The highest BCUT2D eigenvalue weighted by molar-refractivity contribution is 5.93. The number of aromatic nitrogens is 2. The Labute approximate surface area is 170 Å². The maximum atomic E-state index is 13.8. The molecule has 0 unspecified atom stereocenters. The van der Waals surface area contributed by atoms with E-state index in [0.29, 0.717) is 0 Å². The van der Waals surface area contributed by atoms with E-state index in [2.05, 4.69) is 34.8 Å². The molecule has 152 valence electrons. The third-order valence-corrected chi connectivity index (χ3v) is 5.14. The molecule has 3 rings (SSSR count). The summed E-state index contributed by atoms with van der Waals surface area (Å²) in [6, 6.07) is 14.3. The number of aryl methyl sites for hydroxylation is 3. The minimum Gasteiger partial charge on any atom is -0.322 e. The molecule has 1 atom stereocenters. The van der Waals surface area contributed by atoms with Crippen molar-refractivity contribution in [1.82, 2.24) is 15.1 Å². The van der Waals surface area contributed by atoms with Crippen LogP contribution in [0.15, 0.2) is 48.5 Å². The highest BCUT2D eigenvalue weighted by Crippen LogP contribution is 2.24. The van der Waals surface area contributed by atoms with Gasteiger partial charge >= 0.3 is 0 Å². The van der Waals surface area contributed by atoms with Gasteiger partial charge in [0.2, 0.25) is 5.91 Å². The summed E-state index contributed by atoms with van der Waals surface area (Å²) < 4.78 is 15.6. The molecule has 0 aliphatic carbocycles. The van der Waals surface area contributed by atoms with Crippen LogP contribution in [-0.4, -0.2) is 22.2 Å². The Morgan fingerprint density at radius 1 is 1.14 bits per heavy atom. The van der Waals surface area contributed by atoms with E-state index < -0.39 is 0 Å². The Hall–Kier alpha value is -2.99. The topological polar surface area (TPSA) is 59.0 Å². The number of nitrogens with zero attached hydrogens (tertiary/aromatic N) is 2. The first kappa shape index (κ1) is 20.7. The number of rotatable bonds is 7. The van der Waals surface area contributed by atoms with Gasteiger partial charge in [0, 0.05) is 7.05 Å². The number of benzene rings is 2. The van der Waals surface area contributed by atoms with E-state index in [0.717, 1.165) is 34.6 Å². The van der Waals surface area contributed by atoms with Gasteiger partial charge in [-0.3, -0.25) is 14.8 Å². The number of nitrogens with one attached hydrogen (secondary N) is 2. The molecule has 1 aromatic heterocycles. The van der Waals surface area contributed by atoms with Crippen molar-refractivity contribution < 1.29 is 9.18 Å². The molecule has 29 heavy (non-hydrogen) atoms. The van der Waals surface area contributed by atoms with E-state index >= 15 is 0 Å². The number of hydrogen-bond donors (Lipinski definition) is 2. The van der Waals surface area contributed by atoms with Crippen LogP contribution in [0.25, 0.3) is 0 Å². The third-order valence-electron chi connectivity index (χ3n) is 5.14. The van der Waals surface area contributed by atoms with Crippen LogP contribution >= 0.6 is 0 Å². The first-order valence-electron chi connectivity index (χ1n) is 9.76. The monoisotopic (exact) mass is 394 g/mol. The standard InChI is InChI=1S/C23H27FN4O/c1-5-17-9-11-18(12-10-17)23(19-7-6-8-20(24)13-19)25-14-21(29)26-22-15(2)27-28(4)16(22)3/h6-13,23,25H,5,14H2,1-4H3,(H,26,29)/t23-/m1/s1. The zero-order valence-electron chi connectivity index (χ0n) is 17.3. The molecule has 0 spiro atoms. The molecule has 0 saturated heterocycles. The molecule has 0 aliphatic heterocycles. The van der Waals surface area contributed by atoms with Crippen LogP contribution in [0, 0.1) is 19.7 Å². The summed E-state index contributed by atoms with van der Waals surface area (Å²) in [4.78, 5) is 12.6. The summed E-state index contributed by atoms with van der Waals surface area (Å²) >= 11 is 0. The largest absolute Gasteiger partial charge is 0.322 e. The summed E-state index contributed by atoms with van der Waals surface area (Å²) in [7, 11) is 1.84. The fraction of sp³-hybridized carbons (Fsp3) is 0.304. The van der Waals surface area contributed by atoms with Gasteiger partial charge in [-0.25, -0.2) is 4.39 Å². The number of hydrogen-bond acceptors (Lipinski definition) is 3. The third kappa shape index (κ3) is 4.90. The fourth-order valence-electron chi connectivity index (χ4n) is 3.39. The Morgan fingerprint density at radius 3 is 2.45 bits per heavy atom. The minimum absolute atomic E-state index is 0.0878. The van der Waals surface area contributed by atoms with Gasteiger partial charge < -0.3 is 5.32 Å². The second kappa shape index (κ2) is 9.01. The van der Waals surface area contributed by atoms with Gasteiger partial charge in [0.15, 0.2) is 0 Å². The van der Waals surface area contributed by atoms with Crippen molar-refractivity contribution in [1.29, 1.82) is 0 Å². The molecule has 1 heterocycles. The van der Waals surface area contributed by atoms with Crippen molar-refractivity contribution in [3.05, 3.63) is 82.4 Å².